The molecule has 0 aliphatic carbocycles. The number of phenolic OH excluding ortho intramolecular Hbond substituents is 1. The number of rotatable bonds is 3. The van der Waals surface area contributed by atoms with Gasteiger partial charge in [-0.2, -0.15) is 0 Å². The lowest BCUT2D eigenvalue weighted by molar-refractivity contribution is 0.171. The standard InChI is InChI=1S/C13H19FN2O/c14-12-6-10(3-4-13(12)17)8-16-5-1-2-11(7-15)9-16/h3-4,6,11,17H,1-2,5,7-9,15H2. The molecular weight excluding hydrogens is 219 g/mol. The average molecular weight is 238 g/mol. The highest BCUT2D eigenvalue weighted by atomic mass is 19.1. The molecule has 1 aliphatic heterocycles. The van der Waals surface area contributed by atoms with E-state index in [-0.39, 0.29) is 5.75 Å². The molecule has 1 aromatic carbocycles. The van der Waals surface area contributed by atoms with Crippen LogP contribution in [-0.2, 0) is 6.54 Å². The lowest BCUT2D eigenvalue weighted by atomic mass is 9.98. The summed E-state index contributed by atoms with van der Waals surface area (Å²) in [6.45, 7) is 3.48. The fourth-order valence-electron chi connectivity index (χ4n) is 2.39. The third-order valence-electron chi connectivity index (χ3n) is 3.35. The lowest BCUT2D eigenvalue weighted by Crippen LogP contribution is -2.37. The molecule has 0 amide bonds. The zero-order valence-electron chi connectivity index (χ0n) is 9.90. The molecule has 0 saturated carbocycles. The first-order valence-corrected chi connectivity index (χ1v) is 6.09. The minimum absolute atomic E-state index is 0.285. The van der Waals surface area contributed by atoms with E-state index in [1.54, 1.807) is 6.07 Å². The molecule has 1 aliphatic rings. The van der Waals surface area contributed by atoms with Crippen LogP contribution in [0.15, 0.2) is 18.2 Å². The van der Waals surface area contributed by atoms with Crippen LogP contribution in [0.5, 0.6) is 5.75 Å². The number of halogens is 1. The third kappa shape index (κ3) is 3.17. The molecule has 2 rings (SSSR count). The van der Waals surface area contributed by atoms with Gasteiger partial charge in [0.1, 0.15) is 0 Å². The van der Waals surface area contributed by atoms with E-state index < -0.39 is 5.82 Å². The molecule has 3 nitrogen and oxygen atoms in total. The van der Waals surface area contributed by atoms with Gasteiger partial charge in [-0.3, -0.25) is 4.90 Å². The summed E-state index contributed by atoms with van der Waals surface area (Å²) in [6.07, 6.45) is 2.35. The minimum atomic E-state index is -0.546. The van der Waals surface area contributed by atoms with Crippen molar-refractivity contribution in [3.8, 4) is 5.75 Å². The predicted octanol–water partition coefficient (Wildman–Crippen LogP) is 1.70. The van der Waals surface area contributed by atoms with Gasteiger partial charge in [0.15, 0.2) is 11.6 Å². The summed E-state index contributed by atoms with van der Waals surface area (Å²) in [5.74, 6) is -0.271. The smallest absolute Gasteiger partial charge is 0.165 e. The molecular formula is C13H19FN2O. The molecule has 0 aromatic heterocycles. The van der Waals surface area contributed by atoms with Gasteiger partial charge in [0.2, 0.25) is 0 Å². The van der Waals surface area contributed by atoms with E-state index in [0.29, 0.717) is 5.92 Å². The molecule has 0 bridgehead atoms. The van der Waals surface area contributed by atoms with Gasteiger partial charge in [0.25, 0.3) is 0 Å². The number of hydrogen-bond acceptors (Lipinski definition) is 3. The van der Waals surface area contributed by atoms with Gasteiger partial charge in [-0.05, 0) is 49.5 Å². The minimum Gasteiger partial charge on any atom is -0.505 e. The van der Waals surface area contributed by atoms with E-state index in [1.807, 2.05) is 0 Å². The normalized spacial score (nSPS) is 21.6. The molecule has 1 saturated heterocycles. The molecule has 1 atom stereocenters. The van der Waals surface area contributed by atoms with Gasteiger partial charge in [-0.1, -0.05) is 6.07 Å². The molecule has 1 unspecified atom stereocenters. The second-order valence-corrected chi connectivity index (χ2v) is 4.76. The predicted molar refractivity (Wildman–Crippen MR) is 65.1 cm³/mol. The Labute approximate surface area is 101 Å². The highest BCUT2D eigenvalue weighted by Crippen LogP contribution is 2.20. The van der Waals surface area contributed by atoms with Crippen LogP contribution in [0.3, 0.4) is 0 Å². The van der Waals surface area contributed by atoms with Crippen LogP contribution >= 0.6 is 0 Å². The number of nitrogens with two attached hydrogens (primary N) is 1. The highest BCUT2D eigenvalue weighted by molar-refractivity contribution is 5.27. The fourth-order valence-corrected chi connectivity index (χ4v) is 2.39. The average Bonchev–Trinajstić information content (AvgIpc) is 2.34. The van der Waals surface area contributed by atoms with Crippen molar-refractivity contribution in [2.75, 3.05) is 19.6 Å². The second kappa shape index (κ2) is 5.47. The van der Waals surface area contributed by atoms with E-state index in [0.717, 1.165) is 38.2 Å². The first kappa shape index (κ1) is 12.3. The van der Waals surface area contributed by atoms with Gasteiger partial charge in [0, 0.05) is 13.1 Å². The van der Waals surface area contributed by atoms with Crippen LogP contribution in [0.1, 0.15) is 18.4 Å². The molecule has 4 heteroatoms. The Morgan fingerprint density at radius 1 is 1.47 bits per heavy atom. The van der Waals surface area contributed by atoms with Crippen LogP contribution < -0.4 is 5.73 Å². The maximum Gasteiger partial charge on any atom is 0.165 e. The molecule has 1 aromatic rings. The van der Waals surface area contributed by atoms with Gasteiger partial charge in [-0.25, -0.2) is 4.39 Å². The summed E-state index contributed by atoms with van der Waals surface area (Å²) in [5, 5.41) is 9.12. The number of piperidine rings is 1. The van der Waals surface area contributed by atoms with Crippen molar-refractivity contribution >= 4 is 0 Å². The maximum absolute atomic E-state index is 13.2. The van der Waals surface area contributed by atoms with E-state index in [2.05, 4.69) is 4.90 Å². The second-order valence-electron chi connectivity index (χ2n) is 4.76. The van der Waals surface area contributed by atoms with Crippen LogP contribution in [0, 0.1) is 11.7 Å². The van der Waals surface area contributed by atoms with Crippen molar-refractivity contribution in [2.24, 2.45) is 11.7 Å². The topological polar surface area (TPSA) is 49.5 Å². The zero-order chi connectivity index (χ0) is 12.3. The highest BCUT2D eigenvalue weighted by Gasteiger charge is 2.18. The number of likely N-dealkylation sites (tertiary alicyclic amines) is 1. The van der Waals surface area contributed by atoms with E-state index in [4.69, 9.17) is 10.8 Å². The maximum atomic E-state index is 13.2. The number of nitrogens with zero attached hydrogens (tertiary/aromatic N) is 1. The quantitative estimate of drug-likeness (QED) is 0.842. The Morgan fingerprint density at radius 2 is 2.29 bits per heavy atom. The summed E-state index contributed by atoms with van der Waals surface area (Å²) in [6, 6.07) is 4.58. The van der Waals surface area contributed by atoms with Crippen LogP contribution in [0.4, 0.5) is 4.39 Å². The summed E-state index contributed by atoms with van der Waals surface area (Å²) in [5.41, 5.74) is 6.58. The van der Waals surface area contributed by atoms with Gasteiger partial charge in [0.05, 0.1) is 0 Å². The Balaban J connectivity index is 1.97. The molecule has 3 N–H and O–H groups in total. The van der Waals surface area contributed by atoms with Gasteiger partial charge >= 0.3 is 0 Å². The van der Waals surface area contributed by atoms with Crippen molar-refractivity contribution in [1.82, 2.24) is 4.90 Å². The summed E-state index contributed by atoms with van der Waals surface area (Å²) in [4.78, 5) is 2.30. The van der Waals surface area contributed by atoms with Crippen molar-refractivity contribution in [1.29, 1.82) is 0 Å². The van der Waals surface area contributed by atoms with Crippen molar-refractivity contribution in [2.45, 2.75) is 19.4 Å². The summed E-state index contributed by atoms with van der Waals surface area (Å²) < 4.78 is 13.2. The van der Waals surface area contributed by atoms with Gasteiger partial charge in [-0.15, -0.1) is 0 Å². The summed E-state index contributed by atoms with van der Waals surface area (Å²) in [7, 11) is 0. The van der Waals surface area contributed by atoms with Crippen LogP contribution in [0.25, 0.3) is 0 Å². The Hall–Kier alpha value is -1.13. The van der Waals surface area contributed by atoms with Crippen LogP contribution in [0.2, 0.25) is 0 Å². The number of phenols is 1. The zero-order valence-corrected chi connectivity index (χ0v) is 9.90. The largest absolute Gasteiger partial charge is 0.505 e. The molecule has 0 spiro atoms. The molecule has 17 heavy (non-hydrogen) atoms. The Kier molecular flexibility index (Phi) is 3.97. The molecule has 1 heterocycles. The Bertz CT molecular complexity index is 384. The monoisotopic (exact) mass is 238 g/mol. The molecule has 94 valence electrons. The number of hydrogen-bond donors (Lipinski definition) is 2. The van der Waals surface area contributed by atoms with Gasteiger partial charge < -0.3 is 10.8 Å². The first-order chi connectivity index (χ1) is 8.19. The molecule has 1 fully saturated rings. The lowest BCUT2D eigenvalue weighted by Gasteiger charge is -2.32. The summed E-state index contributed by atoms with van der Waals surface area (Å²) >= 11 is 0. The molecule has 0 radical (unpaired) electrons. The third-order valence-corrected chi connectivity index (χ3v) is 3.35. The van der Waals surface area contributed by atoms with Crippen molar-refractivity contribution in [3.05, 3.63) is 29.6 Å². The fraction of sp³-hybridized carbons (Fsp3) is 0.538. The SMILES string of the molecule is NCC1CCCN(Cc2ccc(O)c(F)c2)C1. The van der Waals surface area contributed by atoms with Crippen LogP contribution in [-0.4, -0.2) is 29.6 Å². The number of aromatic hydroxyl groups is 1. The van der Waals surface area contributed by atoms with Crippen molar-refractivity contribution < 1.29 is 9.50 Å². The van der Waals surface area contributed by atoms with Crippen molar-refractivity contribution in [3.63, 3.8) is 0 Å². The Morgan fingerprint density at radius 3 is 3.00 bits per heavy atom. The van der Waals surface area contributed by atoms with E-state index in [1.165, 1.54) is 18.6 Å². The van der Waals surface area contributed by atoms with E-state index >= 15 is 0 Å². The number of benzene rings is 1. The first-order valence-electron chi connectivity index (χ1n) is 6.09. The van der Waals surface area contributed by atoms with E-state index in [9.17, 15) is 4.39 Å².